The number of aromatic nitrogens is 1. The van der Waals surface area contributed by atoms with Crippen molar-refractivity contribution < 1.29 is 4.79 Å². The van der Waals surface area contributed by atoms with Gasteiger partial charge in [-0.2, -0.15) is 0 Å². The van der Waals surface area contributed by atoms with Crippen LogP contribution in [-0.4, -0.2) is 11.3 Å². The largest absolute Gasteiger partial charge is 0.384 e. The van der Waals surface area contributed by atoms with Crippen molar-refractivity contribution in [3.8, 4) is 11.8 Å². The first-order valence-electron chi connectivity index (χ1n) is 3.48. The van der Waals surface area contributed by atoms with Crippen LogP contribution < -0.4 is 5.73 Å². The first kappa shape index (κ1) is 8.28. The predicted octanol–water partition coefficient (Wildman–Crippen LogP) is 0.604. The number of pyridine rings is 1. The van der Waals surface area contributed by atoms with Crippen LogP contribution in [0.25, 0.3) is 0 Å². The Labute approximate surface area is 70.6 Å². The Hall–Kier alpha value is -1.82. The van der Waals surface area contributed by atoms with Crippen molar-refractivity contribution in [3.05, 3.63) is 23.9 Å². The number of nitrogens with zero attached hydrogens (tertiary/aromatic N) is 1. The van der Waals surface area contributed by atoms with Crippen molar-refractivity contribution in [2.24, 2.45) is 0 Å². The summed E-state index contributed by atoms with van der Waals surface area (Å²) in [6.07, 6.45) is 0.982. The first-order valence-corrected chi connectivity index (χ1v) is 3.48. The van der Waals surface area contributed by atoms with E-state index in [1.165, 1.54) is 0 Å². The van der Waals surface area contributed by atoms with Gasteiger partial charge < -0.3 is 10.5 Å². The van der Waals surface area contributed by atoms with E-state index in [1.807, 2.05) is 0 Å². The van der Waals surface area contributed by atoms with Crippen LogP contribution in [0.3, 0.4) is 0 Å². The standard InChI is InChI=1S/C9H8N2O/c10-9-6-3-5-8(11-9)4-1-2-7-12/h3,5-7H,2H2,(H2,10,11). The lowest BCUT2D eigenvalue weighted by Gasteiger charge is -1.90. The highest BCUT2D eigenvalue weighted by atomic mass is 16.1. The summed E-state index contributed by atoms with van der Waals surface area (Å²) in [5.41, 5.74) is 6.01. The van der Waals surface area contributed by atoms with E-state index in [1.54, 1.807) is 18.2 Å². The minimum absolute atomic E-state index is 0.233. The Bertz CT molecular complexity index is 336. The lowest BCUT2D eigenvalue weighted by atomic mass is 10.3. The third-order valence-corrected chi connectivity index (χ3v) is 1.17. The highest BCUT2D eigenvalue weighted by molar-refractivity contribution is 5.54. The quantitative estimate of drug-likeness (QED) is 0.483. The van der Waals surface area contributed by atoms with Crippen LogP contribution in [0.5, 0.6) is 0 Å². The zero-order valence-electron chi connectivity index (χ0n) is 6.45. The lowest BCUT2D eigenvalue weighted by molar-refractivity contribution is -0.107. The fraction of sp³-hybridized carbons (Fsp3) is 0.111. The van der Waals surface area contributed by atoms with Gasteiger partial charge in [0.2, 0.25) is 0 Å². The van der Waals surface area contributed by atoms with Gasteiger partial charge in [-0.1, -0.05) is 12.0 Å². The SMILES string of the molecule is Nc1cccc(C#CCC=O)n1. The van der Waals surface area contributed by atoms with Crippen LogP contribution in [0.2, 0.25) is 0 Å². The van der Waals surface area contributed by atoms with Crippen molar-refractivity contribution in [3.63, 3.8) is 0 Å². The number of carbonyl (C=O) groups is 1. The summed E-state index contributed by atoms with van der Waals surface area (Å²) < 4.78 is 0. The van der Waals surface area contributed by atoms with E-state index >= 15 is 0 Å². The molecule has 1 aromatic heterocycles. The van der Waals surface area contributed by atoms with Crippen molar-refractivity contribution in [2.45, 2.75) is 6.42 Å². The van der Waals surface area contributed by atoms with E-state index in [9.17, 15) is 4.79 Å². The van der Waals surface area contributed by atoms with Crippen LogP contribution >= 0.6 is 0 Å². The molecule has 3 heteroatoms. The second-order valence-corrected chi connectivity index (χ2v) is 2.12. The fourth-order valence-electron chi connectivity index (χ4n) is 0.704. The van der Waals surface area contributed by atoms with Crippen LogP contribution in [-0.2, 0) is 4.79 Å². The molecule has 1 rings (SSSR count). The lowest BCUT2D eigenvalue weighted by Crippen LogP contribution is -1.90. The van der Waals surface area contributed by atoms with E-state index in [-0.39, 0.29) is 6.42 Å². The number of nitrogen functional groups attached to an aromatic ring is 1. The third-order valence-electron chi connectivity index (χ3n) is 1.17. The number of hydrogen-bond donors (Lipinski definition) is 1. The Morgan fingerprint density at radius 2 is 2.42 bits per heavy atom. The van der Waals surface area contributed by atoms with Crippen molar-refractivity contribution in [1.29, 1.82) is 0 Å². The molecule has 0 aliphatic rings. The monoisotopic (exact) mass is 160 g/mol. The van der Waals surface area contributed by atoms with Crippen LogP contribution in [0.4, 0.5) is 5.82 Å². The predicted molar refractivity (Wildman–Crippen MR) is 46.2 cm³/mol. The maximum absolute atomic E-state index is 9.91. The van der Waals surface area contributed by atoms with Crippen molar-refractivity contribution in [2.75, 3.05) is 5.73 Å². The normalized spacial score (nSPS) is 8.33. The molecule has 0 aromatic carbocycles. The van der Waals surface area contributed by atoms with E-state index in [4.69, 9.17) is 5.73 Å². The highest BCUT2D eigenvalue weighted by Gasteiger charge is 1.87. The molecular formula is C9H8N2O. The molecule has 0 spiro atoms. The molecule has 0 fully saturated rings. The maximum atomic E-state index is 9.91. The molecule has 1 aromatic rings. The number of hydrogen-bond acceptors (Lipinski definition) is 3. The number of nitrogens with two attached hydrogens (primary N) is 1. The Morgan fingerprint density at radius 1 is 1.58 bits per heavy atom. The minimum Gasteiger partial charge on any atom is -0.384 e. The molecule has 0 unspecified atom stereocenters. The summed E-state index contributed by atoms with van der Waals surface area (Å²) in [5, 5.41) is 0. The summed E-state index contributed by atoms with van der Waals surface area (Å²) in [7, 11) is 0. The van der Waals surface area contributed by atoms with Gasteiger partial charge in [0, 0.05) is 0 Å². The summed E-state index contributed by atoms with van der Waals surface area (Å²) in [4.78, 5) is 13.8. The van der Waals surface area contributed by atoms with Gasteiger partial charge in [-0.3, -0.25) is 0 Å². The minimum atomic E-state index is 0.233. The number of rotatable bonds is 1. The number of aldehydes is 1. The molecule has 60 valence electrons. The van der Waals surface area contributed by atoms with Gasteiger partial charge in [-0.05, 0) is 18.1 Å². The first-order chi connectivity index (χ1) is 5.83. The van der Waals surface area contributed by atoms with Gasteiger partial charge in [0.15, 0.2) is 0 Å². The Morgan fingerprint density at radius 3 is 3.08 bits per heavy atom. The van der Waals surface area contributed by atoms with Crippen LogP contribution in [0.15, 0.2) is 18.2 Å². The Kier molecular flexibility index (Phi) is 2.86. The van der Waals surface area contributed by atoms with Gasteiger partial charge in [-0.25, -0.2) is 4.98 Å². The molecule has 3 nitrogen and oxygen atoms in total. The van der Waals surface area contributed by atoms with E-state index in [0.29, 0.717) is 11.5 Å². The van der Waals surface area contributed by atoms with E-state index < -0.39 is 0 Å². The van der Waals surface area contributed by atoms with Crippen molar-refractivity contribution >= 4 is 12.1 Å². The van der Waals surface area contributed by atoms with Gasteiger partial charge in [0.25, 0.3) is 0 Å². The summed E-state index contributed by atoms with van der Waals surface area (Å²) in [6, 6.07) is 5.20. The molecule has 0 aliphatic carbocycles. The van der Waals surface area contributed by atoms with Crippen molar-refractivity contribution in [1.82, 2.24) is 4.98 Å². The third kappa shape index (κ3) is 2.43. The van der Waals surface area contributed by atoms with Crippen LogP contribution in [0, 0.1) is 11.8 Å². The molecule has 2 N–H and O–H groups in total. The molecule has 0 amide bonds. The second-order valence-electron chi connectivity index (χ2n) is 2.12. The average molecular weight is 160 g/mol. The molecule has 12 heavy (non-hydrogen) atoms. The smallest absolute Gasteiger partial charge is 0.131 e. The van der Waals surface area contributed by atoms with Gasteiger partial charge in [0.1, 0.15) is 17.8 Å². The maximum Gasteiger partial charge on any atom is 0.131 e. The summed E-state index contributed by atoms with van der Waals surface area (Å²) >= 11 is 0. The molecule has 0 aliphatic heterocycles. The molecule has 0 saturated carbocycles. The van der Waals surface area contributed by atoms with Gasteiger partial charge in [-0.15, -0.1) is 0 Å². The molecule has 0 atom stereocenters. The fourth-order valence-corrected chi connectivity index (χ4v) is 0.704. The van der Waals surface area contributed by atoms with E-state index in [2.05, 4.69) is 16.8 Å². The summed E-state index contributed by atoms with van der Waals surface area (Å²) in [5.74, 6) is 5.79. The summed E-state index contributed by atoms with van der Waals surface area (Å²) in [6.45, 7) is 0. The molecule has 0 bridgehead atoms. The zero-order valence-corrected chi connectivity index (χ0v) is 6.45. The molecule has 0 saturated heterocycles. The number of carbonyl (C=O) groups excluding carboxylic acids is 1. The number of anilines is 1. The van der Waals surface area contributed by atoms with Crippen LogP contribution in [0.1, 0.15) is 12.1 Å². The highest BCUT2D eigenvalue weighted by Crippen LogP contribution is 1.97. The molecular weight excluding hydrogens is 152 g/mol. The zero-order chi connectivity index (χ0) is 8.81. The van der Waals surface area contributed by atoms with Gasteiger partial charge in [0.05, 0.1) is 6.42 Å². The average Bonchev–Trinajstić information content (AvgIpc) is 2.05. The van der Waals surface area contributed by atoms with Gasteiger partial charge >= 0.3 is 0 Å². The van der Waals surface area contributed by atoms with E-state index in [0.717, 1.165) is 6.29 Å². The topological polar surface area (TPSA) is 56.0 Å². The Balaban J connectivity index is 2.77. The molecule has 1 heterocycles. The molecule has 0 radical (unpaired) electrons. The second kappa shape index (κ2) is 4.14.